The van der Waals surface area contributed by atoms with Gasteiger partial charge in [-0.2, -0.15) is 0 Å². The van der Waals surface area contributed by atoms with E-state index in [1.54, 1.807) is 0 Å². The molecule has 3 nitrogen and oxygen atoms in total. The molecule has 17 heavy (non-hydrogen) atoms. The number of anilines is 1. The van der Waals surface area contributed by atoms with Crippen LogP contribution in [-0.4, -0.2) is 31.1 Å². The van der Waals surface area contributed by atoms with Crippen molar-refractivity contribution in [2.75, 3.05) is 32.0 Å². The number of fused-ring (bicyclic) bond motifs is 1. The van der Waals surface area contributed by atoms with E-state index in [-0.39, 0.29) is 0 Å². The first kappa shape index (κ1) is 12.2. The zero-order valence-corrected chi connectivity index (χ0v) is 10.8. The van der Waals surface area contributed by atoms with Gasteiger partial charge in [-0.25, -0.2) is 0 Å². The van der Waals surface area contributed by atoms with Gasteiger partial charge >= 0.3 is 0 Å². The third-order valence-electron chi connectivity index (χ3n) is 3.60. The lowest BCUT2D eigenvalue weighted by Gasteiger charge is -2.31. The predicted molar refractivity (Wildman–Crippen MR) is 71.5 cm³/mol. The van der Waals surface area contributed by atoms with Gasteiger partial charge in [0.25, 0.3) is 0 Å². The Morgan fingerprint density at radius 2 is 2.12 bits per heavy atom. The topological polar surface area (TPSA) is 38.5 Å². The van der Waals surface area contributed by atoms with Crippen molar-refractivity contribution in [1.29, 1.82) is 0 Å². The highest BCUT2D eigenvalue weighted by Crippen LogP contribution is 2.37. The van der Waals surface area contributed by atoms with Crippen LogP contribution < -0.4 is 10.5 Å². The molecule has 1 heterocycles. The molecule has 0 saturated heterocycles. The van der Waals surface area contributed by atoms with Crippen LogP contribution in [-0.2, 0) is 0 Å². The highest BCUT2D eigenvalue weighted by Gasteiger charge is 2.24. The summed E-state index contributed by atoms with van der Waals surface area (Å²) in [6.45, 7) is 8.49. The summed E-state index contributed by atoms with van der Waals surface area (Å²) in [5.74, 6) is 1.49. The largest absolute Gasteiger partial charge is 0.493 e. The van der Waals surface area contributed by atoms with Crippen LogP contribution in [0.4, 0.5) is 5.69 Å². The molecule has 2 N–H and O–H groups in total. The first-order valence-corrected chi connectivity index (χ1v) is 6.49. The van der Waals surface area contributed by atoms with Gasteiger partial charge in [0.1, 0.15) is 5.75 Å². The van der Waals surface area contributed by atoms with Gasteiger partial charge < -0.3 is 15.4 Å². The van der Waals surface area contributed by atoms with E-state index >= 15 is 0 Å². The smallest absolute Gasteiger partial charge is 0.124 e. The third kappa shape index (κ3) is 2.55. The Morgan fingerprint density at radius 3 is 2.82 bits per heavy atom. The molecular weight excluding hydrogens is 212 g/mol. The monoisotopic (exact) mass is 234 g/mol. The molecule has 0 aliphatic carbocycles. The average Bonchev–Trinajstić information content (AvgIpc) is 2.36. The zero-order chi connectivity index (χ0) is 12.3. The minimum Gasteiger partial charge on any atom is -0.493 e. The molecule has 3 heteroatoms. The van der Waals surface area contributed by atoms with E-state index in [9.17, 15) is 0 Å². The van der Waals surface area contributed by atoms with Crippen molar-refractivity contribution < 1.29 is 4.74 Å². The van der Waals surface area contributed by atoms with Crippen molar-refractivity contribution in [3.8, 4) is 5.75 Å². The molecule has 0 spiro atoms. The molecule has 1 atom stereocenters. The lowest BCUT2D eigenvalue weighted by atomic mass is 9.91. The van der Waals surface area contributed by atoms with Gasteiger partial charge in [-0.1, -0.05) is 19.9 Å². The van der Waals surface area contributed by atoms with Crippen molar-refractivity contribution in [3.63, 3.8) is 0 Å². The van der Waals surface area contributed by atoms with Crippen molar-refractivity contribution in [3.05, 3.63) is 23.8 Å². The average molecular weight is 234 g/mol. The van der Waals surface area contributed by atoms with E-state index in [0.717, 1.165) is 44.1 Å². The molecule has 2 rings (SSSR count). The summed E-state index contributed by atoms with van der Waals surface area (Å²) in [5, 5.41) is 0. The van der Waals surface area contributed by atoms with Crippen LogP contribution >= 0.6 is 0 Å². The fourth-order valence-corrected chi connectivity index (χ4v) is 2.56. The number of hydrogen-bond acceptors (Lipinski definition) is 3. The van der Waals surface area contributed by atoms with Crippen LogP contribution in [0.15, 0.2) is 18.2 Å². The van der Waals surface area contributed by atoms with E-state index in [0.29, 0.717) is 5.92 Å². The van der Waals surface area contributed by atoms with Crippen LogP contribution in [0.1, 0.15) is 31.7 Å². The Balaban J connectivity index is 2.22. The lowest BCUT2D eigenvalue weighted by Crippen LogP contribution is -2.31. The number of benzene rings is 1. The predicted octanol–water partition coefficient (Wildman–Crippen LogP) is 2.48. The van der Waals surface area contributed by atoms with Crippen LogP contribution in [0, 0.1) is 0 Å². The Hall–Kier alpha value is -1.22. The van der Waals surface area contributed by atoms with Gasteiger partial charge in [0.2, 0.25) is 0 Å². The van der Waals surface area contributed by atoms with E-state index in [1.807, 2.05) is 18.2 Å². The Morgan fingerprint density at radius 1 is 1.35 bits per heavy atom. The number of likely N-dealkylation sites (N-methyl/N-ethyl adjacent to an activating group) is 1. The molecule has 0 bridgehead atoms. The molecule has 94 valence electrons. The van der Waals surface area contributed by atoms with Crippen LogP contribution in [0.5, 0.6) is 5.75 Å². The second-order valence-corrected chi connectivity index (χ2v) is 4.58. The van der Waals surface area contributed by atoms with Crippen molar-refractivity contribution in [2.24, 2.45) is 0 Å². The summed E-state index contributed by atoms with van der Waals surface area (Å²) >= 11 is 0. The lowest BCUT2D eigenvalue weighted by molar-refractivity contribution is 0.222. The number of nitrogen functional groups attached to an aromatic ring is 1. The first-order valence-electron chi connectivity index (χ1n) is 6.49. The normalized spacial score (nSPS) is 18.9. The molecule has 0 aromatic heterocycles. The molecule has 1 aromatic carbocycles. The Kier molecular flexibility index (Phi) is 3.89. The zero-order valence-electron chi connectivity index (χ0n) is 10.8. The standard InChI is InChI=1S/C14H22N2O/c1-3-16(4-2)10-11-8-9-17-13-7-5-6-12(15)14(11)13/h5-7,11H,3-4,8-10,15H2,1-2H3. The van der Waals surface area contributed by atoms with Gasteiger partial charge in [-0.05, 0) is 31.6 Å². The fraction of sp³-hybridized carbons (Fsp3) is 0.571. The minimum atomic E-state index is 0.514. The summed E-state index contributed by atoms with van der Waals surface area (Å²) < 4.78 is 5.68. The van der Waals surface area contributed by atoms with Crippen molar-refractivity contribution >= 4 is 5.69 Å². The second kappa shape index (κ2) is 5.41. The maximum absolute atomic E-state index is 6.09. The summed E-state index contributed by atoms with van der Waals surface area (Å²) in [7, 11) is 0. The molecule has 0 fully saturated rings. The summed E-state index contributed by atoms with van der Waals surface area (Å²) in [5.41, 5.74) is 8.18. The number of nitrogens with two attached hydrogens (primary N) is 1. The van der Waals surface area contributed by atoms with Crippen LogP contribution in [0.3, 0.4) is 0 Å². The van der Waals surface area contributed by atoms with Crippen LogP contribution in [0.25, 0.3) is 0 Å². The number of nitrogens with zero attached hydrogens (tertiary/aromatic N) is 1. The van der Waals surface area contributed by atoms with Crippen LogP contribution in [0.2, 0.25) is 0 Å². The molecule has 1 aromatic rings. The quantitative estimate of drug-likeness (QED) is 0.813. The maximum atomic E-state index is 6.09. The summed E-state index contributed by atoms with van der Waals surface area (Å²) in [4.78, 5) is 2.45. The Labute approximate surface area is 104 Å². The molecule has 1 aliphatic rings. The fourth-order valence-electron chi connectivity index (χ4n) is 2.56. The molecule has 0 saturated carbocycles. The molecular formula is C14H22N2O. The summed E-state index contributed by atoms with van der Waals surface area (Å²) in [6.07, 6.45) is 1.07. The van der Waals surface area contributed by atoms with E-state index in [4.69, 9.17) is 10.5 Å². The first-order chi connectivity index (χ1) is 8.26. The van der Waals surface area contributed by atoms with Gasteiger partial charge in [-0.3, -0.25) is 0 Å². The SMILES string of the molecule is CCN(CC)CC1CCOc2cccc(N)c21. The van der Waals surface area contributed by atoms with E-state index < -0.39 is 0 Å². The number of rotatable bonds is 4. The van der Waals surface area contributed by atoms with E-state index in [2.05, 4.69) is 18.7 Å². The van der Waals surface area contributed by atoms with Crippen molar-refractivity contribution in [2.45, 2.75) is 26.2 Å². The maximum Gasteiger partial charge on any atom is 0.124 e. The summed E-state index contributed by atoms with van der Waals surface area (Å²) in [6, 6.07) is 5.97. The van der Waals surface area contributed by atoms with Crippen molar-refractivity contribution in [1.82, 2.24) is 4.90 Å². The molecule has 0 radical (unpaired) electrons. The molecule has 0 amide bonds. The van der Waals surface area contributed by atoms with E-state index in [1.165, 1.54) is 5.56 Å². The highest BCUT2D eigenvalue weighted by molar-refractivity contribution is 5.57. The number of ether oxygens (including phenoxy) is 1. The number of hydrogen-bond donors (Lipinski definition) is 1. The molecule has 1 unspecified atom stereocenters. The van der Waals surface area contributed by atoms with Gasteiger partial charge in [0, 0.05) is 23.7 Å². The Bertz CT molecular complexity index is 374. The molecule has 1 aliphatic heterocycles. The minimum absolute atomic E-state index is 0.514. The van der Waals surface area contributed by atoms with Gasteiger partial charge in [0.15, 0.2) is 0 Å². The second-order valence-electron chi connectivity index (χ2n) is 4.58. The third-order valence-corrected chi connectivity index (χ3v) is 3.60. The van der Waals surface area contributed by atoms with Gasteiger partial charge in [0.05, 0.1) is 6.61 Å². The highest BCUT2D eigenvalue weighted by atomic mass is 16.5. The van der Waals surface area contributed by atoms with Gasteiger partial charge in [-0.15, -0.1) is 0 Å².